The van der Waals surface area contributed by atoms with Crippen molar-refractivity contribution in [2.45, 2.75) is 46.6 Å². The fourth-order valence-electron chi connectivity index (χ4n) is 1.97. The number of ether oxygens (including phenoxy) is 2. The zero-order chi connectivity index (χ0) is 14.8. The van der Waals surface area contributed by atoms with Gasteiger partial charge in [-0.25, -0.2) is 0 Å². The Balaban J connectivity index is 2.67. The van der Waals surface area contributed by atoms with Crippen molar-refractivity contribution in [2.24, 2.45) is 0 Å². The van der Waals surface area contributed by atoms with Gasteiger partial charge in [0.2, 0.25) is 0 Å². The summed E-state index contributed by atoms with van der Waals surface area (Å²) in [6.07, 6.45) is 3.76. The normalized spacial score (nSPS) is 10.6. The minimum atomic E-state index is 0.640. The van der Waals surface area contributed by atoms with Crippen LogP contribution in [0.25, 0.3) is 0 Å². The lowest BCUT2D eigenvalue weighted by Gasteiger charge is -2.14. The number of rotatable bonds is 10. The zero-order valence-corrected chi connectivity index (χ0v) is 14.4. The first-order valence-corrected chi connectivity index (χ1v) is 8.30. The van der Waals surface area contributed by atoms with Crippen LogP contribution in [0.5, 0.6) is 11.5 Å². The molecule has 0 atom stereocenters. The Morgan fingerprint density at radius 1 is 1.00 bits per heavy atom. The number of hydrogen-bond donors (Lipinski definition) is 1. The van der Waals surface area contributed by atoms with Crippen LogP contribution >= 0.6 is 15.9 Å². The van der Waals surface area contributed by atoms with Crippen LogP contribution in [0.2, 0.25) is 0 Å². The van der Waals surface area contributed by atoms with E-state index in [1.165, 1.54) is 24.8 Å². The molecule has 0 saturated heterocycles. The van der Waals surface area contributed by atoms with Crippen LogP contribution in [0.15, 0.2) is 16.6 Å². The van der Waals surface area contributed by atoms with Crippen molar-refractivity contribution < 1.29 is 9.47 Å². The molecule has 4 heteroatoms. The summed E-state index contributed by atoms with van der Waals surface area (Å²) in [5.74, 6) is 1.62. The van der Waals surface area contributed by atoms with Crippen molar-refractivity contribution in [3.8, 4) is 11.5 Å². The molecule has 0 saturated carbocycles. The first-order valence-electron chi connectivity index (χ1n) is 7.51. The van der Waals surface area contributed by atoms with E-state index >= 15 is 0 Å². The van der Waals surface area contributed by atoms with E-state index in [1.54, 1.807) is 0 Å². The smallest absolute Gasteiger partial charge is 0.162 e. The maximum Gasteiger partial charge on any atom is 0.162 e. The third-order valence-electron chi connectivity index (χ3n) is 2.98. The van der Waals surface area contributed by atoms with Gasteiger partial charge < -0.3 is 14.8 Å². The molecule has 0 bridgehead atoms. The Morgan fingerprint density at radius 3 is 2.25 bits per heavy atom. The largest absolute Gasteiger partial charge is 0.490 e. The minimum absolute atomic E-state index is 0.640. The van der Waals surface area contributed by atoms with Gasteiger partial charge >= 0.3 is 0 Å². The van der Waals surface area contributed by atoms with Gasteiger partial charge in [0.05, 0.1) is 13.2 Å². The van der Waals surface area contributed by atoms with Gasteiger partial charge in [-0.2, -0.15) is 0 Å². The Kier molecular flexibility index (Phi) is 8.70. The summed E-state index contributed by atoms with van der Waals surface area (Å²) in [6.45, 7) is 9.37. The van der Waals surface area contributed by atoms with E-state index in [0.717, 1.165) is 29.1 Å². The quantitative estimate of drug-likeness (QED) is 0.633. The third kappa shape index (κ3) is 5.71. The van der Waals surface area contributed by atoms with E-state index in [0.29, 0.717) is 13.2 Å². The van der Waals surface area contributed by atoms with Crippen LogP contribution in [-0.2, 0) is 6.54 Å². The minimum Gasteiger partial charge on any atom is -0.490 e. The van der Waals surface area contributed by atoms with Crippen molar-refractivity contribution >= 4 is 15.9 Å². The molecule has 0 aliphatic heterocycles. The molecule has 1 aromatic carbocycles. The van der Waals surface area contributed by atoms with E-state index in [9.17, 15) is 0 Å². The molecule has 3 nitrogen and oxygen atoms in total. The lowest BCUT2D eigenvalue weighted by atomic mass is 10.2. The molecule has 0 aliphatic carbocycles. The fraction of sp³-hybridized carbons (Fsp3) is 0.625. The van der Waals surface area contributed by atoms with E-state index in [-0.39, 0.29) is 0 Å². The van der Waals surface area contributed by atoms with Gasteiger partial charge in [-0.15, -0.1) is 0 Å². The van der Waals surface area contributed by atoms with Gasteiger partial charge in [0.1, 0.15) is 0 Å². The monoisotopic (exact) mass is 343 g/mol. The summed E-state index contributed by atoms with van der Waals surface area (Å²) in [5.41, 5.74) is 1.20. The van der Waals surface area contributed by atoms with Gasteiger partial charge in [-0.05, 0) is 44.5 Å². The second-order valence-corrected chi connectivity index (χ2v) is 5.49. The fourth-order valence-corrected chi connectivity index (χ4v) is 2.43. The second-order valence-electron chi connectivity index (χ2n) is 4.64. The summed E-state index contributed by atoms with van der Waals surface area (Å²) in [5, 5.41) is 3.47. The molecule has 0 amide bonds. The Bertz CT molecular complexity index is 396. The molecule has 1 aromatic rings. The van der Waals surface area contributed by atoms with Crippen molar-refractivity contribution in [2.75, 3.05) is 19.8 Å². The van der Waals surface area contributed by atoms with Crippen molar-refractivity contribution in [1.82, 2.24) is 5.32 Å². The number of halogens is 1. The van der Waals surface area contributed by atoms with E-state index in [4.69, 9.17) is 9.47 Å². The third-order valence-corrected chi connectivity index (χ3v) is 3.72. The summed E-state index contributed by atoms with van der Waals surface area (Å²) >= 11 is 3.61. The maximum absolute atomic E-state index is 5.66. The first kappa shape index (κ1) is 17.3. The van der Waals surface area contributed by atoms with Crippen LogP contribution in [0, 0.1) is 0 Å². The molecule has 0 aliphatic rings. The van der Waals surface area contributed by atoms with Crippen LogP contribution in [0.4, 0.5) is 0 Å². The van der Waals surface area contributed by atoms with Crippen LogP contribution in [0.1, 0.15) is 45.6 Å². The standard InChI is InChI=1S/C16H26BrNO2/c1-4-7-8-9-18-12-13-10-15(19-5-2)16(20-6-3)11-14(13)17/h10-11,18H,4-9,12H2,1-3H3. The molecule has 20 heavy (non-hydrogen) atoms. The molecule has 0 aromatic heterocycles. The Hall–Kier alpha value is -0.740. The molecule has 0 spiro atoms. The molecule has 0 unspecified atom stereocenters. The molecule has 0 radical (unpaired) electrons. The highest BCUT2D eigenvalue weighted by atomic mass is 79.9. The van der Waals surface area contributed by atoms with E-state index in [1.807, 2.05) is 19.9 Å². The van der Waals surface area contributed by atoms with Gasteiger partial charge in [-0.3, -0.25) is 0 Å². The molecular weight excluding hydrogens is 318 g/mol. The summed E-state index contributed by atoms with van der Waals surface area (Å²) in [7, 11) is 0. The number of unbranched alkanes of at least 4 members (excludes halogenated alkanes) is 2. The van der Waals surface area contributed by atoms with E-state index in [2.05, 4.69) is 34.2 Å². The lowest BCUT2D eigenvalue weighted by molar-refractivity contribution is 0.287. The van der Waals surface area contributed by atoms with Gasteiger partial charge in [0.25, 0.3) is 0 Å². The predicted octanol–water partition coefficient (Wildman–Crippen LogP) is 4.53. The van der Waals surface area contributed by atoms with Crippen molar-refractivity contribution in [3.05, 3.63) is 22.2 Å². The second kappa shape index (κ2) is 10.1. The number of nitrogens with one attached hydrogen (secondary N) is 1. The van der Waals surface area contributed by atoms with Crippen molar-refractivity contribution in [3.63, 3.8) is 0 Å². The molecule has 0 fully saturated rings. The van der Waals surface area contributed by atoms with E-state index < -0.39 is 0 Å². The predicted molar refractivity (Wildman–Crippen MR) is 87.7 cm³/mol. The molecule has 0 heterocycles. The zero-order valence-electron chi connectivity index (χ0n) is 12.8. The average Bonchev–Trinajstić information content (AvgIpc) is 2.43. The summed E-state index contributed by atoms with van der Waals surface area (Å²) in [6, 6.07) is 4.06. The number of hydrogen-bond acceptors (Lipinski definition) is 3. The van der Waals surface area contributed by atoms with Crippen molar-refractivity contribution in [1.29, 1.82) is 0 Å². The Labute approximate surface area is 131 Å². The summed E-state index contributed by atoms with van der Waals surface area (Å²) < 4.78 is 12.3. The van der Waals surface area contributed by atoms with Gasteiger partial charge in [-0.1, -0.05) is 35.7 Å². The molecular formula is C16H26BrNO2. The number of benzene rings is 1. The maximum atomic E-state index is 5.66. The highest BCUT2D eigenvalue weighted by Crippen LogP contribution is 2.33. The summed E-state index contributed by atoms with van der Waals surface area (Å²) in [4.78, 5) is 0. The Morgan fingerprint density at radius 2 is 1.65 bits per heavy atom. The highest BCUT2D eigenvalue weighted by Gasteiger charge is 2.10. The molecule has 1 N–H and O–H groups in total. The van der Waals surface area contributed by atoms with Gasteiger partial charge in [0.15, 0.2) is 11.5 Å². The van der Waals surface area contributed by atoms with Crippen LogP contribution in [-0.4, -0.2) is 19.8 Å². The van der Waals surface area contributed by atoms with Crippen LogP contribution in [0.3, 0.4) is 0 Å². The highest BCUT2D eigenvalue weighted by molar-refractivity contribution is 9.10. The molecule has 1 rings (SSSR count). The SMILES string of the molecule is CCCCCNCc1cc(OCC)c(OCC)cc1Br. The average molecular weight is 344 g/mol. The topological polar surface area (TPSA) is 30.5 Å². The first-order chi connectivity index (χ1) is 9.72. The van der Waals surface area contributed by atoms with Crippen LogP contribution < -0.4 is 14.8 Å². The molecule has 114 valence electrons. The van der Waals surface area contributed by atoms with Gasteiger partial charge in [0, 0.05) is 11.0 Å². The lowest BCUT2D eigenvalue weighted by Crippen LogP contribution is -2.15.